The zero-order valence-corrected chi connectivity index (χ0v) is 25.8. The first-order valence-corrected chi connectivity index (χ1v) is 15.4. The van der Waals surface area contributed by atoms with Crippen molar-refractivity contribution in [2.75, 3.05) is 11.5 Å². The van der Waals surface area contributed by atoms with Gasteiger partial charge >= 0.3 is 18.0 Å². The third kappa shape index (κ3) is 5.48. The summed E-state index contributed by atoms with van der Waals surface area (Å²) in [7, 11) is -4.64. The van der Waals surface area contributed by atoms with Gasteiger partial charge in [0.25, 0.3) is 10.0 Å². The molecule has 0 atom stereocenters. The van der Waals surface area contributed by atoms with Crippen molar-refractivity contribution in [3.63, 3.8) is 0 Å². The Bertz CT molecular complexity index is 1530. The fourth-order valence-corrected chi connectivity index (χ4v) is 8.31. The Balaban J connectivity index is 2.05. The Hall–Kier alpha value is -3.70. The van der Waals surface area contributed by atoms with Crippen molar-refractivity contribution in [3.8, 4) is 0 Å². The minimum atomic E-state index is -4.64. The van der Waals surface area contributed by atoms with Crippen LogP contribution in [0.2, 0.25) is 0 Å². The number of amides is 2. The van der Waals surface area contributed by atoms with Gasteiger partial charge in [0.1, 0.15) is 20.4 Å². The molecule has 11 heteroatoms. The molecule has 2 aromatic carbocycles. The third-order valence-electron chi connectivity index (χ3n) is 6.53. The quantitative estimate of drug-likeness (QED) is 0.304. The molecule has 1 aliphatic heterocycles. The van der Waals surface area contributed by atoms with Crippen molar-refractivity contribution in [2.24, 2.45) is 0 Å². The number of sulfonamides is 1. The minimum absolute atomic E-state index is 0.0648. The number of carbonyl (C=O) groups excluding carboxylic acids is 3. The molecule has 0 radical (unpaired) electrons. The van der Waals surface area contributed by atoms with Gasteiger partial charge in [-0.1, -0.05) is 60.7 Å². The summed E-state index contributed by atoms with van der Waals surface area (Å²) in [4.78, 5) is 42.2. The number of thiophene rings is 1. The van der Waals surface area contributed by atoms with Crippen molar-refractivity contribution < 1.29 is 32.3 Å². The second-order valence-electron chi connectivity index (χ2n) is 11.1. The molecule has 2 heterocycles. The van der Waals surface area contributed by atoms with Crippen LogP contribution in [-0.2, 0) is 24.3 Å². The molecule has 0 fully saturated rings. The van der Waals surface area contributed by atoms with Crippen LogP contribution < -0.4 is 4.90 Å². The van der Waals surface area contributed by atoms with E-state index in [1.165, 1.54) is 25.7 Å². The molecule has 218 valence electrons. The number of hydrogen-bond donors (Lipinski definition) is 0. The van der Waals surface area contributed by atoms with Gasteiger partial charge in [0.2, 0.25) is 0 Å². The van der Waals surface area contributed by atoms with Gasteiger partial charge in [0, 0.05) is 0 Å². The predicted octanol–water partition coefficient (Wildman–Crippen LogP) is 6.07. The third-order valence-corrected chi connectivity index (χ3v) is 10.0. The molecule has 0 saturated heterocycles. The highest BCUT2D eigenvalue weighted by Gasteiger charge is 2.56. The van der Waals surface area contributed by atoms with Crippen LogP contribution in [0.25, 0.3) is 0 Å². The summed E-state index contributed by atoms with van der Waals surface area (Å²) in [5.41, 5.74) is -1.32. The van der Waals surface area contributed by atoms with E-state index in [1.54, 1.807) is 27.7 Å². The zero-order chi connectivity index (χ0) is 30.3. The van der Waals surface area contributed by atoms with Crippen LogP contribution in [0.3, 0.4) is 0 Å². The van der Waals surface area contributed by atoms with E-state index >= 15 is 0 Å². The molecule has 0 saturated carbocycles. The number of nitrogens with zero attached hydrogens (tertiary/aromatic N) is 2. The highest BCUT2D eigenvalue weighted by molar-refractivity contribution is 7.90. The number of ether oxygens (including phenoxy) is 2. The Morgan fingerprint density at radius 1 is 0.927 bits per heavy atom. The van der Waals surface area contributed by atoms with Crippen LogP contribution in [0.4, 0.5) is 9.80 Å². The Morgan fingerprint density at radius 2 is 1.44 bits per heavy atom. The Kier molecular flexibility index (Phi) is 8.08. The Morgan fingerprint density at radius 3 is 1.90 bits per heavy atom. The van der Waals surface area contributed by atoms with Gasteiger partial charge in [-0.2, -0.15) is 4.31 Å². The number of esters is 2. The number of anilines is 1. The topological polar surface area (TPSA) is 110 Å². The van der Waals surface area contributed by atoms with Crippen LogP contribution in [0.15, 0.2) is 65.6 Å². The molecular formula is C30H34N2O7S2. The van der Waals surface area contributed by atoms with E-state index in [9.17, 15) is 22.8 Å². The molecule has 3 aromatic rings. The van der Waals surface area contributed by atoms with E-state index < -0.39 is 45.2 Å². The van der Waals surface area contributed by atoms with Gasteiger partial charge < -0.3 is 9.47 Å². The monoisotopic (exact) mass is 598 g/mol. The maximum absolute atomic E-state index is 14.6. The lowest BCUT2D eigenvalue weighted by molar-refractivity contribution is -0.163. The van der Waals surface area contributed by atoms with Crippen LogP contribution in [0.5, 0.6) is 0 Å². The highest BCUT2D eigenvalue weighted by Crippen LogP contribution is 2.50. The lowest BCUT2D eigenvalue weighted by Gasteiger charge is -2.44. The Labute approximate surface area is 244 Å². The van der Waals surface area contributed by atoms with E-state index in [4.69, 9.17) is 9.47 Å². The number of fused-ring (bicyclic) bond motifs is 1. The molecule has 0 aliphatic carbocycles. The molecule has 4 rings (SSSR count). The summed E-state index contributed by atoms with van der Waals surface area (Å²) in [6.45, 7) is 10.9. The zero-order valence-electron chi connectivity index (χ0n) is 24.1. The predicted molar refractivity (Wildman–Crippen MR) is 157 cm³/mol. The molecule has 0 spiro atoms. The van der Waals surface area contributed by atoms with Gasteiger partial charge in [-0.05, 0) is 65.2 Å². The van der Waals surface area contributed by atoms with E-state index in [0.717, 1.165) is 11.3 Å². The first-order valence-electron chi connectivity index (χ1n) is 13.2. The van der Waals surface area contributed by atoms with E-state index in [-0.39, 0.29) is 26.9 Å². The molecule has 1 aromatic heterocycles. The van der Waals surface area contributed by atoms with Crippen LogP contribution >= 0.6 is 11.3 Å². The van der Waals surface area contributed by atoms with Gasteiger partial charge in [-0.3, -0.25) is 4.90 Å². The molecule has 0 unspecified atom stereocenters. The molecule has 9 nitrogen and oxygen atoms in total. The molecule has 41 heavy (non-hydrogen) atoms. The average molecular weight is 599 g/mol. The van der Waals surface area contributed by atoms with Gasteiger partial charge in [-0.25, -0.2) is 22.8 Å². The maximum Gasteiger partial charge on any atom is 0.348 e. The molecule has 2 amide bonds. The average Bonchev–Trinajstić information content (AvgIpc) is 3.24. The standard InChI is InChI=1S/C30H34N2O7S2/c1-8-38-26(33)23-19(2)24-25(40-23)31(22(20-15-11-9-12-16-20)21-17-13-10-14-18-21)28(35)32(41(24,36)37)30(6,7)27(34)39-29(3,4)5/h9-18,22H,8H2,1-7H3. The fourth-order valence-electron chi connectivity index (χ4n) is 4.73. The molecule has 1 aliphatic rings. The summed E-state index contributed by atoms with van der Waals surface area (Å²) in [6, 6.07) is 16.6. The summed E-state index contributed by atoms with van der Waals surface area (Å²) >= 11 is 0.881. The van der Waals surface area contributed by atoms with Crippen molar-refractivity contribution in [1.82, 2.24) is 4.31 Å². The SMILES string of the molecule is CCOC(=O)c1sc2c(c1C)S(=O)(=O)N(C(C)(C)C(=O)OC(C)(C)C)C(=O)N2C(c1ccccc1)c1ccccc1. The number of urea groups is 1. The van der Waals surface area contributed by atoms with Gasteiger partial charge in [-0.15, -0.1) is 11.3 Å². The largest absolute Gasteiger partial charge is 0.462 e. The number of hydrogen-bond acceptors (Lipinski definition) is 8. The summed E-state index contributed by atoms with van der Waals surface area (Å²) < 4.78 is 40.0. The lowest BCUT2D eigenvalue weighted by Crippen LogP contribution is -2.63. The van der Waals surface area contributed by atoms with E-state index in [0.29, 0.717) is 15.4 Å². The fraction of sp³-hybridized carbons (Fsp3) is 0.367. The van der Waals surface area contributed by atoms with Gasteiger partial charge in [0.05, 0.1) is 12.6 Å². The summed E-state index contributed by atoms with van der Waals surface area (Å²) in [5, 5.41) is 0.0736. The number of benzene rings is 2. The number of rotatable bonds is 7. The molecule has 0 N–H and O–H groups in total. The van der Waals surface area contributed by atoms with Crippen molar-refractivity contribution in [1.29, 1.82) is 0 Å². The first-order chi connectivity index (χ1) is 19.1. The highest BCUT2D eigenvalue weighted by atomic mass is 32.2. The minimum Gasteiger partial charge on any atom is -0.462 e. The van der Waals surface area contributed by atoms with Crippen molar-refractivity contribution >= 4 is 44.3 Å². The van der Waals surface area contributed by atoms with E-state index in [2.05, 4.69) is 0 Å². The normalized spacial score (nSPS) is 15.1. The van der Waals surface area contributed by atoms with Crippen LogP contribution in [0, 0.1) is 6.92 Å². The van der Waals surface area contributed by atoms with Crippen molar-refractivity contribution in [3.05, 3.63) is 82.2 Å². The van der Waals surface area contributed by atoms with Crippen LogP contribution in [0.1, 0.15) is 73.9 Å². The number of carbonyl (C=O) groups is 3. The van der Waals surface area contributed by atoms with Crippen LogP contribution in [-0.4, -0.2) is 48.4 Å². The smallest absolute Gasteiger partial charge is 0.348 e. The summed E-state index contributed by atoms with van der Waals surface area (Å²) in [6.07, 6.45) is 0. The lowest BCUT2D eigenvalue weighted by atomic mass is 9.97. The first kappa shape index (κ1) is 30.3. The second-order valence-corrected chi connectivity index (χ2v) is 13.8. The second kappa shape index (κ2) is 10.9. The maximum atomic E-state index is 14.6. The van der Waals surface area contributed by atoms with Gasteiger partial charge in [0.15, 0.2) is 5.54 Å². The molecular weight excluding hydrogens is 564 g/mol. The summed E-state index contributed by atoms with van der Waals surface area (Å²) in [5.74, 6) is -1.58. The molecule has 0 bridgehead atoms. The van der Waals surface area contributed by atoms with E-state index in [1.807, 2.05) is 60.7 Å². The van der Waals surface area contributed by atoms with Crippen molar-refractivity contribution in [2.45, 2.75) is 70.5 Å².